The predicted molar refractivity (Wildman–Crippen MR) is 153 cm³/mol. The van der Waals surface area contributed by atoms with Crippen molar-refractivity contribution in [2.24, 2.45) is 0 Å². The number of nitrogens with one attached hydrogen (secondary N) is 2. The maximum atomic E-state index is 14.2. The molecule has 42 heavy (non-hydrogen) atoms. The summed E-state index contributed by atoms with van der Waals surface area (Å²) in [6, 6.07) is 24.0. The number of carbonyl (C=O) groups is 3. The van der Waals surface area contributed by atoms with E-state index in [1.54, 1.807) is 48.5 Å². The largest absolute Gasteiger partial charge is 0.356 e. The van der Waals surface area contributed by atoms with E-state index in [0.29, 0.717) is 11.1 Å². The Hall–Kier alpha value is -5.31. The van der Waals surface area contributed by atoms with E-state index in [1.165, 1.54) is 29.2 Å². The van der Waals surface area contributed by atoms with Crippen molar-refractivity contribution in [2.45, 2.75) is 25.0 Å². The van der Waals surface area contributed by atoms with Crippen LogP contribution < -0.4 is 10.2 Å². The minimum Gasteiger partial charge on any atom is -0.356 e. The van der Waals surface area contributed by atoms with Gasteiger partial charge in [0.05, 0.1) is 11.3 Å². The van der Waals surface area contributed by atoms with Gasteiger partial charge in [0.25, 0.3) is 11.8 Å². The number of hydrogen-bond acceptors (Lipinski definition) is 3. The second kappa shape index (κ2) is 9.95. The topological polar surface area (TPSA) is 85.5 Å². The molecule has 3 heterocycles. The molecule has 4 aromatic carbocycles. The van der Waals surface area contributed by atoms with Crippen molar-refractivity contribution in [3.63, 3.8) is 0 Å². The van der Waals surface area contributed by atoms with Gasteiger partial charge in [-0.05, 0) is 47.5 Å². The van der Waals surface area contributed by atoms with Gasteiger partial charge in [-0.15, -0.1) is 0 Å². The molecule has 2 atom stereocenters. The molecule has 1 aromatic heterocycles. The fourth-order valence-corrected chi connectivity index (χ4v) is 6.06. The lowest BCUT2D eigenvalue weighted by molar-refractivity contribution is -0.120. The molecule has 1 unspecified atom stereocenters. The van der Waals surface area contributed by atoms with E-state index in [0.717, 1.165) is 27.1 Å². The van der Waals surface area contributed by atoms with Crippen LogP contribution in [0.3, 0.4) is 0 Å². The minimum atomic E-state index is -0.839. The highest BCUT2D eigenvalue weighted by Crippen LogP contribution is 2.45. The number of aromatic nitrogens is 1. The SMILES string of the molecule is O=C(NCc1ccccc1F)c1ccccc1N1C(=O)[C@@H]2Cc3c([nH]c4ccccc34)C(c3ccc(F)cc3)N2C1=O. The van der Waals surface area contributed by atoms with Crippen LogP contribution in [0.4, 0.5) is 19.3 Å². The fourth-order valence-electron chi connectivity index (χ4n) is 6.06. The number of anilines is 1. The molecule has 2 aliphatic rings. The Morgan fingerprint density at radius 1 is 0.881 bits per heavy atom. The highest BCUT2D eigenvalue weighted by atomic mass is 19.1. The van der Waals surface area contributed by atoms with E-state index in [2.05, 4.69) is 10.3 Å². The second-order valence-corrected chi connectivity index (χ2v) is 10.4. The molecule has 0 saturated carbocycles. The summed E-state index contributed by atoms with van der Waals surface area (Å²) in [6.45, 7) is -0.0646. The normalized spacial score (nSPS) is 17.9. The number of urea groups is 1. The summed E-state index contributed by atoms with van der Waals surface area (Å²) in [4.78, 5) is 47.5. The smallest absolute Gasteiger partial charge is 0.332 e. The molecular formula is C33H24F2N4O3. The van der Waals surface area contributed by atoms with E-state index in [1.807, 2.05) is 24.3 Å². The summed E-state index contributed by atoms with van der Waals surface area (Å²) in [5.74, 6) is -1.87. The number of hydrogen-bond donors (Lipinski definition) is 2. The summed E-state index contributed by atoms with van der Waals surface area (Å²) < 4.78 is 28.1. The van der Waals surface area contributed by atoms with Crippen LogP contribution in [0.2, 0.25) is 0 Å². The van der Waals surface area contributed by atoms with Crippen LogP contribution in [0.15, 0.2) is 97.1 Å². The van der Waals surface area contributed by atoms with Crippen molar-refractivity contribution < 1.29 is 23.2 Å². The molecular weight excluding hydrogens is 538 g/mol. The predicted octanol–water partition coefficient (Wildman–Crippen LogP) is 5.86. The Kier molecular flexibility index (Phi) is 6.08. The first-order valence-electron chi connectivity index (χ1n) is 13.5. The molecule has 5 aromatic rings. The van der Waals surface area contributed by atoms with Gasteiger partial charge in [0.15, 0.2) is 0 Å². The first-order valence-corrected chi connectivity index (χ1v) is 13.5. The molecule has 0 radical (unpaired) electrons. The number of rotatable bonds is 5. The van der Waals surface area contributed by atoms with E-state index >= 15 is 0 Å². The third-order valence-electron chi connectivity index (χ3n) is 8.02. The van der Waals surface area contributed by atoms with Crippen molar-refractivity contribution in [1.82, 2.24) is 15.2 Å². The number of H-pyrrole nitrogens is 1. The molecule has 0 spiro atoms. The van der Waals surface area contributed by atoms with Gasteiger partial charge in [-0.2, -0.15) is 0 Å². The number of imide groups is 1. The first kappa shape index (κ1) is 25.6. The van der Waals surface area contributed by atoms with E-state index in [9.17, 15) is 23.2 Å². The number of halogens is 2. The van der Waals surface area contributed by atoms with Crippen LogP contribution in [-0.4, -0.2) is 33.8 Å². The second-order valence-electron chi connectivity index (χ2n) is 10.4. The number of fused-ring (bicyclic) bond motifs is 4. The van der Waals surface area contributed by atoms with Gasteiger partial charge in [0, 0.05) is 35.1 Å². The molecule has 0 aliphatic carbocycles. The zero-order valence-electron chi connectivity index (χ0n) is 22.2. The molecule has 4 amide bonds. The van der Waals surface area contributed by atoms with E-state index in [-0.39, 0.29) is 24.2 Å². The number of aromatic amines is 1. The highest BCUT2D eigenvalue weighted by molar-refractivity contribution is 6.24. The Morgan fingerprint density at radius 3 is 2.40 bits per heavy atom. The van der Waals surface area contributed by atoms with Crippen LogP contribution in [0.25, 0.3) is 10.9 Å². The third kappa shape index (κ3) is 4.04. The maximum absolute atomic E-state index is 14.2. The third-order valence-corrected chi connectivity index (χ3v) is 8.02. The molecule has 208 valence electrons. The van der Waals surface area contributed by atoms with Crippen LogP contribution >= 0.6 is 0 Å². The Labute approximate surface area is 239 Å². The average molecular weight is 563 g/mol. The van der Waals surface area contributed by atoms with Gasteiger partial charge >= 0.3 is 6.03 Å². The van der Waals surface area contributed by atoms with Crippen LogP contribution in [-0.2, 0) is 17.8 Å². The number of carbonyl (C=O) groups excluding carboxylic acids is 3. The Bertz CT molecular complexity index is 1880. The lowest BCUT2D eigenvalue weighted by Gasteiger charge is -2.36. The molecule has 2 aliphatic heterocycles. The van der Waals surface area contributed by atoms with Gasteiger partial charge in [0.1, 0.15) is 23.7 Å². The average Bonchev–Trinajstić information content (AvgIpc) is 3.50. The van der Waals surface area contributed by atoms with Crippen molar-refractivity contribution in [1.29, 1.82) is 0 Å². The molecule has 0 bridgehead atoms. The number of benzene rings is 4. The van der Waals surface area contributed by atoms with Crippen LogP contribution in [0.1, 0.15) is 38.8 Å². The van der Waals surface area contributed by atoms with Gasteiger partial charge in [-0.25, -0.2) is 18.5 Å². The zero-order valence-corrected chi connectivity index (χ0v) is 22.2. The fraction of sp³-hybridized carbons (Fsp3) is 0.121. The lowest BCUT2D eigenvalue weighted by Crippen LogP contribution is -2.44. The quantitative estimate of drug-likeness (QED) is 0.263. The summed E-state index contributed by atoms with van der Waals surface area (Å²) >= 11 is 0. The molecule has 2 N–H and O–H groups in total. The van der Waals surface area contributed by atoms with Gasteiger partial charge < -0.3 is 10.3 Å². The number of para-hydroxylation sites is 2. The molecule has 9 heteroatoms. The van der Waals surface area contributed by atoms with Crippen molar-refractivity contribution in [2.75, 3.05) is 4.90 Å². The number of nitrogens with zero attached hydrogens (tertiary/aromatic N) is 2. The molecule has 7 nitrogen and oxygen atoms in total. The summed E-state index contributed by atoms with van der Waals surface area (Å²) in [5, 5.41) is 3.65. The number of amides is 4. The van der Waals surface area contributed by atoms with Crippen molar-refractivity contribution in [3.05, 3.63) is 137 Å². The molecule has 7 rings (SSSR count). The van der Waals surface area contributed by atoms with Crippen LogP contribution in [0.5, 0.6) is 0 Å². The van der Waals surface area contributed by atoms with Crippen molar-refractivity contribution in [3.8, 4) is 0 Å². The lowest BCUT2D eigenvalue weighted by atomic mass is 9.89. The summed E-state index contributed by atoms with van der Waals surface area (Å²) in [6.07, 6.45) is 0.278. The minimum absolute atomic E-state index is 0.0646. The van der Waals surface area contributed by atoms with Gasteiger partial charge in [-0.3, -0.25) is 14.5 Å². The van der Waals surface area contributed by atoms with Crippen LogP contribution in [0, 0.1) is 11.6 Å². The van der Waals surface area contributed by atoms with Crippen molar-refractivity contribution >= 4 is 34.4 Å². The zero-order chi connectivity index (χ0) is 29.0. The maximum Gasteiger partial charge on any atom is 0.332 e. The highest BCUT2D eigenvalue weighted by Gasteiger charge is 2.53. The summed E-state index contributed by atoms with van der Waals surface area (Å²) in [5.41, 5.74) is 3.76. The monoisotopic (exact) mass is 562 g/mol. The van der Waals surface area contributed by atoms with Gasteiger partial charge in [0.2, 0.25) is 0 Å². The Morgan fingerprint density at radius 2 is 1.60 bits per heavy atom. The molecule has 1 saturated heterocycles. The Balaban J connectivity index is 1.28. The first-order chi connectivity index (χ1) is 20.4. The van der Waals surface area contributed by atoms with E-state index in [4.69, 9.17) is 0 Å². The summed E-state index contributed by atoms with van der Waals surface area (Å²) in [7, 11) is 0. The standard InChI is InChI=1S/C33H24F2N4O3/c34-21-15-13-19(14-16-21)30-29-24(22-8-2-5-11-26(22)37-29)17-28-32(41)39(33(42)38(28)30)27-12-6-3-9-23(27)31(40)36-18-20-7-1-4-10-25(20)35/h1-16,28,30,37H,17-18H2,(H,36,40)/t28-,30?/m0/s1. The van der Waals surface area contributed by atoms with E-state index < -0.39 is 41.6 Å². The van der Waals surface area contributed by atoms with Gasteiger partial charge in [-0.1, -0.05) is 60.7 Å². The molecule has 1 fully saturated rings.